The van der Waals surface area contributed by atoms with Crippen molar-refractivity contribution in [2.45, 2.75) is 32.6 Å². The summed E-state index contributed by atoms with van der Waals surface area (Å²) in [5, 5.41) is 0. The van der Waals surface area contributed by atoms with E-state index in [9.17, 15) is 4.79 Å². The van der Waals surface area contributed by atoms with E-state index >= 15 is 0 Å². The Labute approximate surface area is 99.3 Å². The number of rotatable bonds is 8. The molecule has 0 aliphatic rings. The van der Waals surface area contributed by atoms with E-state index in [1.54, 1.807) is 0 Å². The summed E-state index contributed by atoms with van der Waals surface area (Å²) in [5.74, 6) is 0. The van der Waals surface area contributed by atoms with Crippen molar-refractivity contribution < 1.29 is 9.32 Å². The minimum atomic E-state index is 0.0287. The van der Waals surface area contributed by atoms with Gasteiger partial charge in [0.1, 0.15) is 0 Å². The Bertz CT molecular complexity index is 298. The standard InChI is InChI=1S/C13H19O2P/c1-2-3-11-15-16-13(14)10-9-12-7-5-4-6-8-12/h4-8,16H,2-3,9-11H2,1H3. The summed E-state index contributed by atoms with van der Waals surface area (Å²) < 4.78 is 5.30. The van der Waals surface area contributed by atoms with Gasteiger partial charge in [-0.2, -0.15) is 0 Å². The Balaban J connectivity index is 2.11. The third-order valence-electron chi connectivity index (χ3n) is 2.27. The molecule has 1 rings (SSSR count). The van der Waals surface area contributed by atoms with E-state index in [2.05, 4.69) is 6.92 Å². The number of benzene rings is 1. The van der Waals surface area contributed by atoms with E-state index in [0.29, 0.717) is 13.0 Å². The highest BCUT2D eigenvalue weighted by Gasteiger charge is 2.02. The lowest BCUT2D eigenvalue weighted by Crippen LogP contribution is -1.95. The maximum Gasteiger partial charge on any atom is 0.179 e. The topological polar surface area (TPSA) is 26.3 Å². The molecule has 0 spiro atoms. The number of hydrogen-bond acceptors (Lipinski definition) is 2. The van der Waals surface area contributed by atoms with E-state index in [-0.39, 0.29) is 14.3 Å². The van der Waals surface area contributed by atoms with Gasteiger partial charge in [-0.3, -0.25) is 4.79 Å². The van der Waals surface area contributed by atoms with Crippen LogP contribution in [0.2, 0.25) is 0 Å². The molecule has 0 N–H and O–H groups in total. The van der Waals surface area contributed by atoms with Crippen molar-refractivity contribution in [1.82, 2.24) is 0 Å². The van der Waals surface area contributed by atoms with Crippen LogP contribution in [0.25, 0.3) is 0 Å². The summed E-state index contributed by atoms with van der Waals surface area (Å²) in [6.45, 7) is 2.83. The van der Waals surface area contributed by atoms with Crippen LogP contribution in [0, 0.1) is 0 Å². The van der Waals surface area contributed by atoms with Gasteiger partial charge in [0.2, 0.25) is 0 Å². The molecule has 0 aromatic heterocycles. The molecular formula is C13H19O2P. The molecule has 0 fully saturated rings. The van der Waals surface area contributed by atoms with Gasteiger partial charge in [-0.15, -0.1) is 0 Å². The molecule has 16 heavy (non-hydrogen) atoms. The SMILES string of the molecule is CCCCOPC(=O)CCc1ccccc1. The summed E-state index contributed by atoms with van der Waals surface area (Å²) in [6.07, 6.45) is 3.57. The number of hydrogen-bond donors (Lipinski definition) is 0. The molecule has 1 atom stereocenters. The van der Waals surface area contributed by atoms with Crippen LogP contribution in [0.4, 0.5) is 0 Å². The molecule has 0 aliphatic carbocycles. The first-order valence-corrected chi connectivity index (χ1v) is 6.68. The van der Waals surface area contributed by atoms with Gasteiger partial charge in [0.25, 0.3) is 0 Å². The van der Waals surface area contributed by atoms with Crippen molar-refractivity contribution in [3.05, 3.63) is 35.9 Å². The summed E-state index contributed by atoms with van der Waals surface area (Å²) in [5.41, 5.74) is 1.44. The largest absolute Gasteiger partial charge is 0.355 e. The Morgan fingerprint density at radius 2 is 2.06 bits per heavy atom. The van der Waals surface area contributed by atoms with Crippen LogP contribution in [-0.4, -0.2) is 12.1 Å². The molecule has 0 heterocycles. The first-order valence-electron chi connectivity index (χ1n) is 5.77. The van der Waals surface area contributed by atoms with Crippen LogP contribution in [0.5, 0.6) is 0 Å². The quantitative estimate of drug-likeness (QED) is 0.511. The maximum absolute atomic E-state index is 11.5. The zero-order valence-electron chi connectivity index (χ0n) is 9.74. The molecule has 0 saturated carbocycles. The first kappa shape index (κ1) is 13.3. The highest BCUT2D eigenvalue weighted by molar-refractivity contribution is 7.53. The Kier molecular flexibility index (Phi) is 7.03. The smallest absolute Gasteiger partial charge is 0.179 e. The average molecular weight is 238 g/mol. The van der Waals surface area contributed by atoms with Crippen LogP contribution in [0.1, 0.15) is 31.7 Å². The van der Waals surface area contributed by atoms with Crippen LogP contribution < -0.4 is 0 Å². The molecular weight excluding hydrogens is 219 g/mol. The Morgan fingerprint density at radius 1 is 1.31 bits per heavy atom. The predicted molar refractivity (Wildman–Crippen MR) is 68.9 cm³/mol. The molecule has 3 heteroatoms. The second kappa shape index (κ2) is 8.43. The van der Waals surface area contributed by atoms with Crippen LogP contribution in [0.3, 0.4) is 0 Å². The van der Waals surface area contributed by atoms with Gasteiger partial charge in [0.15, 0.2) is 5.52 Å². The zero-order chi connectivity index (χ0) is 11.6. The molecule has 0 aliphatic heterocycles. The third-order valence-corrected chi connectivity index (χ3v) is 3.10. The highest BCUT2D eigenvalue weighted by atomic mass is 31.1. The summed E-state index contributed by atoms with van der Waals surface area (Å²) in [6, 6.07) is 10.1. The van der Waals surface area contributed by atoms with E-state index < -0.39 is 0 Å². The molecule has 0 radical (unpaired) electrons. The molecule has 0 amide bonds. The molecule has 88 valence electrons. The minimum Gasteiger partial charge on any atom is -0.355 e. The fourth-order valence-corrected chi connectivity index (χ4v) is 1.94. The van der Waals surface area contributed by atoms with Crippen molar-refractivity contribution >= 4 is 14.3 Å². The normalized spacial score (nSPS) is 11.1. The maximum atomic E-state index is 11.5. The van der Waals surface area contributed by atoms with Gasteiger partial charge in [-0.1, -0.05) is 43.7 Å². The van der Waals surface area contributed by atoms with Crippen molar-refractivity contribution in [3.8, 4) is 0 Å². The number of aryl methyl sites for hydroxylation is 1. The predicted octanol–water partition coefficient (Wildman–Crippen LogP) is 3.56. The van der Waals surface area contributed by atoms with Crippen molar-refractivity contribution in [2.24, 2.45) is 0 Å². The Morgan fingerprint density at radius 3 is 2.75 bits per heavy atom. The lowest BCUT2D eigenvalue weighted by molar-refractivity contribution is -0.111. The molecule has 0 saturated heterocycles. The average Bonchev–Trinajstić information content (AvgIpc) is 2.33. The zero-order valence-corrected chi connectivity index (χ0v) is 10.7. The fraction of sp³-hybridized carbons (Fsp3) is 0.462. The van der Waals surface area contributed by atoms with Gasteiger partial charge in [-0.05, 0) is 18.4 Å². The van der Waals surface area contributed by atoms with Gasteiger partial charge in [0, 0.05) is 6.42 Å². The van der Waals surface area contributed by atoms with Crippen LogP contribution >= 0.6 is 8.81 Å². The first-order chi connectivity index (χ1) is 7.83. The van der Waals surface area contributed by atoms with Crippen molar-refractivity contribution in [2.75, 3.05) is 6.61 Å². The molecule has 1 aromatic carbocycles. The molecule has 2 nitrogen and oxygen atoms in total. The molecule has 1 aromatic rings. The lowest BCUT2D eigenvalue weighted by atomic mass is 10.1. The van der Waals surface area contributed by atoms with E-state index in [4.69, 9.17) is 4.52 Å². The number of carbonyl (C=O) groups is 1. The van der Waals surface area contributed by atoms with Gasteiger partial charge < -0.3 is 4.52 Å². The van der Waals surface area contributed by atoms with Gasteiger partial charge >= 0.3 is 0 Å². The fourth-order valence-electron chi connectivity index (χ4n) is 1.30. The number of carbonyl (C=O) groups excluding carboxylic acids is 1. The van der Waals surface area contributed by atoms with Gasteiger partial charge in [0.05, 0.1) is 15.4 Å². The van der Waals surface area contributed by atoms with Crippen molar-refractivity contribution in [1.29, 1.82) is 0 Å². The van der Waals surface area contributed by atoms with Gasteiger partial charge in [-0.25, -0.2) is 0 Å². The summed E-state index contributed by atoms with van der Waals surface area (Å²) in [4.78, 5) is 11.5. The number of unbranched alkanes of at least 4 members (excludes halogenated alkanes) is 1. The van der Waals surface area contributed by atoms with E-state index in [0.717, 1.165) is 19.3 Å². The monoisotopic (exact) mass is 238 g/mol. The molecule has 0 bridgehead atoms. The third kappa shape index (κ3) is 5.99. The summed E-state index contributed by atoms with van der Waals surface area (Å²) in [7, 11) is 0.0287. The van der Waals surface area contributed by atoms with E-state index in [1.807, 2.05) is 30.3 Å². The Hall–Kier alpha value is -0.720. The van der Waals surface area contributed by atoms with Crippen molar-refractivity contribution in [3.63, 3.8) is 0 Å². The minimum absolute atomic E-state index is 0.0287. The summed E-state index contributed by atoms with van der Waals surface area (Å²) >= 11 is 0. The molecule has 1 unspecified atom stereocenters. The highest BCUT2D eigenvalue weighted by Crippen LogP contribution is 2.17. The van der Waals surface area contributed by atoms with E-state index in [1.165, 1.54) is 5.56 Å². The van der Waals surface area contributed by atoms with Crippen LogP contribution in [-0.2, 0) is 15.7 Å². The second-order valence-corrected chi connectivity index (χ2v) is 4.76. The lowest BCUT2D eigenvalue weighted by Gasteiger charge is -2.02. The second-order valence-electron chi connectivity index (χ2n) is 3.71. The van der Waals surface area contributed by atoms with Crippen LogP contribution in [0.15, 0.2) is 30.3 Å².